The van der Waals surface area contributed by atoms with Crippen LogP contribution in [0, 0.1) is 6.92 Å². The maximum atomic E-state index is 14.5. The van der Waals surface area contributed by atoms with E-state index in [2.05, 4.69) is 0 Å². The summed E-state index contributed by atoms with van der Waals surface area (Å²) in [6.45, 7) is 3.85. The molecule has 6 heteroatoms. The lowest BCUT2D eigenvalue weighted by atomic mass is 10.1. The molecule has 0 aliphatic carbocycles. The van der Waals surface area contributed by atoms with Crippen LogP contribution in [0.3, 0.4) is 0 Å². The van der Waals surface area contributed by atoms with E-state index >= 15 is 0 Å². The van der Waals surface area contributed by atoms with Crippen molar-refractivity contribution in [2.45, 2.75) is 38.9 Å². The van der Waals surface area contributed by atoms with Crippen LogP contribution in [-0.4, -0.2) is 0 Å². The van der Waals surface area contributed by atoms with Crippen molar-refractivity contribution in [3.05, 3.63) is 95.1 Å². The maximum absolute atomic E-state index is 14.5. The second-order valence-electron chi connectivity index (χ2n) is 7.02. The van der Waals surface area contributed by atoms with Gasteiger partial charge < -0.3 is 9.47 Å². The molecule has 3 rings (SSSR count). The van der Waals surface area contributed by atoms with Gasteiger partial charge in [0.25, 0.3) is 0 Å². The van der Waals surface area contributed by atoms with Gasteiger partial charge in [0.15, 0.2) is 0 Å². The third-order valence-corrected chi connectivity index (χ3v) is 4.53. The minimum absolute atomic E-state index is 0.00281. The van der Waals surface area contributed by atoms with E-state index in [1.807, 2.05) is 13.8 Å². The molecule has 0 saturated heterocycles. The lowest BCUT2D eigenvalue weighted by Gasteiger charge is -2.21. The van der Waals surface area contributed by atoms with E-state index in [1.165, 1.54) is 24.3 Å². The van der Waals surface area contributed by atoms with E-state index < -0.39 is 23.3 Å². The lowest BCUT2D eigenvalue weighted by molar-refractivity contribution is -0.188. The summed E-state index contributed by atoms with van der Waals surface area (Å²) in [7, 11) is 0. The summed E-state index contributed by atoms with van der Waals surface area (Å²) in [5, 5.41) is 0. The van der Waals surface area contributed by atoms with E-state index in [9.17, 15) is 17.6 Å². The largest absolute Gasteiger partial charge is 0.429 e. The molecule has 0 aliphatic heterocycles. The topological polar surface area (TPSA) is 18.5 Å². The number of aryl methyl sites for hydroxylation is 2. The van der Waals surface area contributed by atoms with Gasteiger partial charge in [0.05, 0.1) is 11.1 Å². The Bertz CT molecular complexity index is 950. The van der Waals surface area contributed by atoms with Crippen LogP contribution >= 0.6 is 0 Å². The first-order valence-corrected chi connectivity index (χ1v) is 9.60. The molecule has 0 bridgehead atoms. The Kier molecular flexibility index (Phi) is 6.34. The van der Waals surface area contributed by atoms with Gasteiger partial charge in [0.1, 0.15) is 11.5 Å². The van der Waals surface area contributed by atoms with Crippen molar-refractivity contribution in [2.75, 3.05) is 0 Å². The van der Waals surface area contributed by atoms with Crippen LogP contribution in [0.4, 0.5) is 17.6 Å². The highest BCUT2D eigenvalue weighted by molar-refractivity contribution is 5.32. The Balaban J connectivity index is 1.72. The Morgan fingerprint density at radius 2 is 1.03 bits per heavy atom. The van der Waals surface area contributed by atoms with Gasteiger partial charge in [-0.3, -0.25) is 0 Å². The molecule has 30 heavy (non-hydrogen) atoms. The van der Waals surface area contributed by atoms with Crippen LogP contribution in [0.25, 0.3) is 0 Å². The number of halogens is 4. The normalized spacial score (nSPS) is 11.9. The molecule has 158 valence electrons. The van der Waals surface area contributed by atoms with Gasteiger partial charge in [-0.05, 0) is 67.4 Å². The van der Waals surface area contributed by atoms with Gasteiger partial charge in [-0.15, -0.1) is 0 Å². The summed E-state index contributed by atoms with van der Waals surface area (Å²) in [4.78, 5) is 0. The average Bonchev–Trinajstić information content (AvgIpc) is 2.71. The van der Waals surface area contributed by atoms with Crippen LogP contribution in [0.15, 0.2) is 72.8 Å². The van der Waals surface area contributed by atoms with Gasteiger partial charge in [-0.25, -0.2) is 0 Å². The third-order valence-electron chi connectivity index (χ3n) is 4.53. The first-order valence-electron chi connectivity index (χ1n) is 9.60. The number of alkyl halides is 4. The van der Waals surface area contributed by atoms with Gasteiger partial charge in [0.2, 0.25) is 0 Å². The molecule has 2 nitrogen and oxygen atoms in total. The molecule has 0 aromatic heterocycles. The van der Waals surface area contributed by atoms with Crippen molar-refractivity contribution in [1.82, 2.24) is 0 Å². The molecular weight excluding hydrogens is 396 g/mol. The Labute approximate surface area is 173 Å². The monoisotopic (exact) mass is 418 g/mol. The van der Waals surface area contributed by atoms with E-state index in [0.29, 0.717) is 0 Å². The van der Waals surface area contributed by atoms with Crippen molar-refractivity contribution in [2.24, 2.45) is 0 Å². The molecule has 0 N–H and O–H groups in total. The van der Waals surface area contributed by atoms with Crippen LogP contribution in [0.2, 0.25) is 0 Å². The molecule has 3 aromatic carbocycles. The van der Waals surface area contributed by atoms with Crippen LogP contribution in [0.5, 0.6) is 11.5 Å². The summed E-state index contributed by atoms with van der Waals surface area (Å²) in [6.07, 6.45) is -5.55. The minimum atomic E-state index is -3.67. The fraction of sp³-hybridized carbons (Fsp3) is 0.250. The van der Waals surface area contributed by atoms with E-state index in [0.717, 1.165) is 48.2 Å². The summed E-state index contributed by atoms with van der Waals surface area (Å²) in [5.74, 6) is -0.0215. The summed E-state index contributed by atoms with van der Waals surface area (Å²) < 4.78 is 67.2. The predicted octanol–water partition coefficient (Wildman–Crippen LogP) is 7.20. The fourth-order valence-electron chi connectivity index (χ4n) is 2.89. The van der Waals surface area contributed by atoms with Crippen molar-refractivity contribution >= 4 is 0 Å². The Morgan fingerprint density at radius 3 is 1.43 bits per heavy atom. The molecule has 0 amide bonds. The predicted molar refractivity (Wildman–Crippen MR) is 107 cm³/mol. The zero-order valence-electron chi connectivity index (χ0n) is 16.7. The SMILES string of the molecule is CCCc1ccc(OC(F)(F)c2ccc(C(F)(F)Oc3ccc(C)cc3)cc2)cc1. The molecule has 0 atom stereocenters. The van der Waals surface area contributed by atoms with Gasteiger partial charge in [-0.2, -0.15) is 17.6 Å². The molecule has 0 spiro atoms. The summed E-state index contributed by atoms with van der Waals surface area (Å²) in [6, 6.07) is 16.1. The highest BCUT2D eigenvalue weighted by Gasteiger charge is 2.38. The second-order valence-corrected chi connectivity index (χ2v) is 7.02. The van der Waals surface area contributed by atoms with Gasteiger partial charge in [-0.1, -0.05) is 43.2 Å². The minimum Gasteiger partial charge on any atom is -0.429 e. The molecular formula is C24H22F4O2. The molecule has 0 saturated carbocycles. The first kappa shape index (κ1) is 21.7. The van der Waals surface area contributed by atoms with Crippen LogP contribution in [0.1, 0.15) is 35.6 Å². The van der Waals surface area contributed by atoms with Crippen molar-refractivity contribution < 1.29 is 27.0 Å². The van der Waals surface area contributed by atoms with Crippen LogP contribution in [-0.2, 0) is 18.6 Å². The highest BCUT2D eigenvalue weighted by atomic mass is 19.3. The Hall–Kier alpha value is -3.02. The summed E-state index contributed by atoms with van der Waals surface area (Å²) >= 11 is 0. The number of rotatable bonds is 8. The second kappa shape index (κ2) is 8.78. The number of hydrogen-bond acceptors (Lipinski definition) is 2. The van der Waals surface area contributed by atoms with E-state index in [1.54, 1.807) is 24.3 Å². The molecule has 0 unspecified atom stereocenters. The van der Waals surface area contributed by atoms with Crippen LogP contribution < -0.4 is 9.47 Å². The number of hydrogen-bond donors (Lipinski definition) is 0. The van der Waals surface area contributed by atoms with Gasteiger partial charge in [0, 0.05) is 0 Å². The lowest BCUT2D eigenvalue weighted by Crippen LogP contribution is -2.24. The maximum Gasteiger partial charge on any atom is 0.426 e. The zero-order valence-corrected chi connectivity index (χ0v) is 16.7. The third kappa shape index (κ3) is 5.32. The zero-order chi connectivity index (χ0) is 21.8. The van der Waals surface area contributed by atoms with E-state index in [-0.39, 0.29) is 11.5 Å². The average molecular weight is 418 g/mol. The Morgan fingerprint density at radius 1 is 0.633 bits per heavy atom. The molecule has 0 fully saturated rings. The number of benzene rings is 3. The van der Waals surface area contributed by atoms with Gasteiger partial charge >= 0.3 is 12.2 Å². The summed E-state index contributed by atoms with van der Waals surface area (Å²) in [5.41, 5.74) is 0.854. The first-order chi connectivity index (χ1) is 14.2. The van der Waals surface area contributed by atoms with Crippen molar-refractivity contribution in [3.8, 4) is 11.5 Å². The smallest absolute Gasteiger partial charge is 0.426 e. The molecule has 0 heterocycles. The number of ether oxygens (including phenoxy) is 2. The quantitative estimate of drug-likeness (QED) is 0.360. The standard InChI is InChI=1S/C24H22F4O2/c1-3-4-18-7-15-22(16-8-18)30-24(27,28)20-11-9-19(10-12-20)23(25,26)29-21-13-5-17(2)6-14-21/h5-16H,3-4H2,1-2H3. The highest BCUT2D eigenvalue weighted by Crippen LogP contribution is 2.35. The fourth-order valence-corrected chi connectivity index (χ4v) is 2.89. The molecule has 0 radical (unpaired) electrons. The molecule has 3 aromatic rings. The van der Waals surface area contributed by atoms with Crippen molar-refractivity contribution in [3.63, 3.8) is 0 Å². The van der Waals surface area contributed by atoms with Crippen molar-refractivity contribution in [1.29, 1.82) is 0 Å². The molecule has 0 aliphatic rings. The van der Waals surface area contributed by atoms with E-state index in [4.69, 9.17) is 9.47 Å².